The molecule has 36 heavy (non-hydrogen) atoms. The summed E-state index contributed by atoms with van der Waals surface area (Å²) < 4.78 is 16.0. The van der Waals surface area contributed by atoms with Crippen LogP contribution in [0.3, 0.4) is 0 Å². The van der Waals surface area contributed by atoms with Gasteiger partial charge in [-0.3, -0.25) is 4.79 Å². The lowest BCUT2D eigenvalue weighted by atomic mass is 10.1. The van der Waals surface area contributed by atoms with Gasteiger partial charge in [0.25, 0.3) is 5.91 Å². The molecule has 3 aromatic carbocycles. The maximum absolute atomic E-state index is 12.4. The van der Waals surface area contributed by atoms with E-state index in [-0.39, 0.29) is 11.9 Å². The van der Waals surface area contributed by atoms with E-state index in [1.807, 2.05) is 18.2 Å². The Bertz CT molecular complexity index is 1190. The molecule has 0 spiro atoms. The number of amides is 1. The number of benzene rings is 3. The first-order valence-corrected chi connectivity index (χ1v) is 11.7. The van der Waals surface area contributed by atoms with E-state index in [1.165, 1.54) is 7.11 Å². The Balaban J connectivity index is 1.58. The Labute approximate surface area is 211 Å². The van der Waals surface area contributed by atoms with Gasteiger partial charge in [-0.2, -0.15) is 5.10 Å². The zero-order valence-corrected chi connectivity index (χ0v) is 21.0. The molecule has 0 heterocycles. The highest BCUT2D eigenvalue weighted by Gasteiger charge is 2.09. The van der Waals surface area contributed by atoms with Gasteiger partial charge in [-0.1, -0.05) is 12.1 Å². The van der Waals surface area contributed by atoms with Gasteiger partial charge in [0, 0.05) is 24.3 Å². The Kier molecular flexibility index (Phi) is 9.45. The number of hydrazone groups is 1. The van der Waals surface area contributed by atoms with Crippen LogP contribution < -0.4 is 19.8 Å². The first kappa shape index (κ1) is 26.3. The van der Waals surface area contributed by atoms with Crippen molar-refractivity contribution in [2.45, 2.75) is 20.5 Å². The van der Waals surface area contributed by atoms with E-state index in [9.17, 15) is 9.59 Å². The van der Waals surface area contributed by atoms with Gasteiger partial charge < -0.3 is 19.1 Å². The molecule has 0 aromatic heterocycles. The number of esters is 1. The Morgan fingerprint density at radius 1 is 0.889 bits per heavy atom. The van der Waals surface area contributed by atoms with Crippen LogP contribution in [0.25, 0.3) is 0 Å². The van der Waals surface area contributed by atoms with Crippen molar-refractivity contribution < 1.29 is 23.8 Å². The van der Waals surface area contributed by atoms with Gasteiger partial charge in [0.2, 0.25) is 0 Å². The number of methoxy groups -OCH3 is 2. The molecule has 188 valence electrons. The number of ether oxygens (including phenoxy) is 3. The van der Waals surface area contributed by atoms with E-state index in [4.69, 9.17) is 14.2 Å². The Morgan fingerprint density at radius 3 is 2.17 bits per heavy atom. The third-order valence-electron chi connectivity index (χ3n) is 5.59. The number of nitrogens with zero attached hydrogens (tertiary/aromatic N) is 2. The molecule has 0 fully saturated rings. The van der Waals surface area contributed by atoms with Crippen molar-refractivity contribution in [3.63, 3.8) is 0 Å². The smallest absolute Gasteiger partial charge is 0.337 e. The van der Waals surface area contributed by atoms with Gasteiger partial charge in [-0.15, -0.1) is 0 Å². The van der Waals surface area contributed by atoms with Crippen LogP contribution in [0.1, 0.15) is 45.7 Å². The van der Waals surface area contributed by atoms with Crippen LogP contribution in [0.15, 0.2) is 71.8 Å². The maximum Gasteiger partial charge on any atom is 0.337 e. The lowest BCUT2D eigenvalue weighted by Crippen LogP contribution is -2.22. The molecular weight excluding hydrogens is 458 g/mol. The number of carbonyl (C=O) groups excluding carboxylic acids is 2. The fourth-order valence-corrected chi connectivity index (χ4v) is 3.54. The molecule has 1 amide bonds. The van der Waals surface area contributed by atoms with Crippen molar-refractivity contribution in [3.8, 4) is 11.5 Å². The summed E-state index contributed by atoms with van der Waals surface area (Å²) >= 11 is 0. The van der Waals surface area contributed by atoms with Gasteiger partial charge >= 0.3 is 5.97 Å². The predicted octanol–water partition coefficient (Wildman–Crippen LogP) is 4.67. The van der Waals surface area contributed by atoms with Crippen molar-refractivity contribution in [3.05, 3.63) is 89.0 Å². The van der Waals surface area contributed by atoms with Crippen LogP contribution >= 0.6 is 0 Å². The van der Waals surface area contributed by atoms with E-state index in [2.05, 4.69) is 29.3 Å². The third-order valence-corrected chi connectivity index (χ3v) is 5.59. The molecule has 0 bridgehead atoms. The van der Waals surface area contributed by atoms with Crippen LogP contribution in [0.5, 0.6) is 11.5 Å². The molecule has 0 aliphatic heterocycles. The Hall–Kier alpha value is -4.33. The van der Waals surface area contributed by atoms with Crippen molar-refractivity contribution in [1.82, 2.24) is 5.43 Å². The van der Waals surface area contributed by atoms with Crippen molar-refractivity contribution in [1.29, 1.82) is 0 Å². The summed E-state index contributed by atoms with van der Waals surface area (Å²) in [6, 6.07) is 19.8. The molecule has 1 N–H and O–H groups in total. The first-order valence-electron chi connectivity index (χ1n) is 11.7. The third kappa shape index (κ3) is 6.85. The summed E-state index contributed by atoms with van der Waals surface area (Å²) in [7, 11) is 2.90. The van der Waals surface area contributed by atoms with E-state index in [0.29, 0.717) is 29.2 Å². The minimum atomic E-state index is -0.384. The van der Waals surface area contributed by atoms with Gasteiger partial charge in [-0.25, -0.2) is 10.2 Å². The van der Waals surface area contributed by atoms with E-state index >= 15 is 0 Å². The average molecular weight is 490 g/mol. The predicted molar refractivity (Wildman–Crippen MR) is 140 cm³/mol. The van der Waals surface area contributed by atoms with Crippen molar-refractivity contribution in [2.75, 3.05) is 32.2 Å². The van der Waals surface area contributed by atoms with Crippen LogP contribution in [0, 0.1) is 0 Å². The summed E-state index contributed by atoms with van der Waals surface area (Å²) in [4.78, 5) is 26.2. The number of anilines is 1. The van der Waals surface area contributed by atoms with E-state index in [1.54, 1.807) is 61.9 Å². The molecule has 3 rings (SSSR count). The second kappa shape index (κ2) is 12.9. The highest BCUT2D eigenvalue weighted by molar-refractivity contribution is 5.95. The summed E-state index contributed by atoms with van der Waals surface area (Å²) in [6.45, 7) is 6.31. The van der Waals surface area contributed by atoms with Gasteiger partial charge in [0.1, 0.15) is 6.61 Å². The summed E-state index contributed by atoms with van der Waals surface area (Å²) in [5.74, 6) is 0.417. The van der Waals surface area contributed by atoms with Crippen LogP contribution in [0.4, 0.5) is 5.69 Å². The van der Waals surface area contributed by atoms with Crippen molar-refractivity contribution >= 4 is 23.8 Å². The molecule has 8 heteroatoms. The molecule has 8 nitrogen and oxygen atoms in total. The summed E-state index contributed by atoms with van der Waals surface area (Å²) in [5, 5.41) is 4.07. The average Bonchev–Trinajstić information content (AvgIpc) is 2.93. The molecule has 0 radical (unpaired) electrons. The highest BCUT2D eigenvalue weighted by Crippen LogP contribution is 2.28. The quantitative estimate of drug-likeness (QED) is 0.239. The fraction of sp³-hybridized carbons (Fsp3) is 0.250. The zero-order chi connectivity index (χ0) is 25.9. The molecule has 0 saturated heterocycles. The molecule has 0 aliphatic rings. The highest BCUT2D eigenvalue weighted by atomic mass is 16.5. The fourth-order valence-electron chi connectivity index (χ4n) is 3.54. The van der Waals surface area contributed by atoms with E-state index in [0.717, 1.165) is 29.9 Å². The number of nitrogens with one attached hydrogen (secondary N) is 1. The van der Waals surface area contributed by atoms with Gasteiger partial charge in [0.15, 0.2) is 11.5 Å². The van der Waals surface area contributed by atoms with Gasteiger partial charge in [-0.05, 0) is 79.6 Å². The zero-order valence-electron chi connectivity index (χ0n) is 21.0. The minimum absolute atomic E-state index is 0.289. The van der Waals surface area contributed by atoms with Crippen LogP contribution in [-0.2, 0) is 11.3 Å². The second-order valence-electron chi connectivity index (χ2n) is 7.81. The van der Waals surface area contributed by atoms with Gasteiger partial charge in [0.05, 0.1) is 26.0 Å². The normalized spacial score (nSPS) is 10.7. The topological polar surface area (TPSA) is 89.5 Å². The number of rotatable bonds is 11. The summed E-state index contributed by atoms with van der Waals surface area (Å²) in [6.07, 6.45) is 1.54. The summed E-state index contributed by atoms with van der Waals surface area (Å²) in [5.41, 5.74) is 6.26. The SMILES string of the molecule is CCN(CC)c1ccc(C(=O)NN=Cc2ccc(OCc3ccc(C(=O)OC)cc3)c(OC)c2)cc1. The molecule has 3 aromatic rings. The minimum Gasteiger partial charge on any atom is -0.493 e. The first-order chi connectivity index (χ1) is 17.5. The second-order valence-corrected chi connectivity index (χ2v) is 7.81. The maximum atomic E-state index is 12.4. The number of carbonyl (C=O) groups is 2. The van der Waals surface area contributed by atoms with Crippen molar-refractivity contribution in [2.24, 2.45) is 5.10 Å². The number of hydrogen-bond acceptors (Lipinski definition) is 7. The number of hydrogen-bond donors (Lipinski definition) is 1. The monoisotopic (exact) mass is 489 g/mol. The molecule has 0 saturated carbocycles. The standard InChI is InChI=1S/C28H31N3O5/c1-5-31(6-2)24-14-12-22(13-15-24)27(32)30-29-18-21-9-16-25(26(17-21)34-3)36-19-20-7-10-23(11-8-20)28(33)35-4/h7-18H,5-6,19H2,1-4H3,(H,30,32). The lowest BCUT2D eigenvalue weighted by molar-refractivity contribution is 0.0600. The molecule has 0 unspecified atom stereocenters. The lowest BCUT2D eigenvalue weighted by Gasteiger charge is -2.20. The Morgan fingerprint density at radius 2 is 1.56 bits per heavy atom. The van der Waals surface area contributed by atoms with E-state index < -0.39 is 0 Å². The molecule has 0 aliphatic carbocycles. The van der Waals surface area contributed by atoms with Crippen LogP contribution in [0.2, 0.25) is 0 Å². The molecule has 0 atom stereocenters. The largest absolute Gasteiger partial charge is 0.493 e. The van der Waals surface area contributed by atoms with Crippen LogP contribution in [-0.4, -0.2) is 45.4 Å². The molecular formula is C28H31N3O5.